The minimum absolute atomic E-state index is 0. The molecule has 0 radical (unpaired) electrons. The van der Waals surface area contributed by atoms with Gasteiger partial charge < -0.3 is 0 Å². The van der Waals surface area contributed by atoms with E-state index in [2.05, 4.69) is 79.8 Å². The second-order valence-corrected chi connectivity index (χ2v) is 11.5. The molecule has 0 spiro atoms. The SMILES string of the molecule is C[Si]1(C)C(=[C-]c2ccccc2)[C-]=C1c1ccccc1.[Zr+4].c1cc[cH-]c1.c1cc[cH-]c1. The Kier molecular flexibility index (Phi) is 9.94. The summed E-state index contributed by atoms with van der Waals surface area (Å²) in [5.74, 6) is 0. The smallest absolute Gasteiger partial charge is 0.282 e. The Balaban J connectivity index is 0.000000239. The summed E-state index contributed by atoms with van der Waals surface area (Å²) in [5, 5.41) is 2.70. The molecule has 0 N–H and O–H groups in total. The molecule has 0 bridgehead atoms. The van der Waals surface area contributed by atoms with Crippen LogP contribution in [0.3, 0.4) is 0 Å². The van der Waals surface area contributed by atoms with Gasteiger partial charge in [-0.05, 0) is 5.56 Å². The molecule has 0 aliphatic carbocycles. The summed E-state index contributed by atoms with van der Waals surface area (Å²) >= 11 is 0. The topological polar surface area (TPSA) is 0 Å². The predicted octanol–water partition coefficient (Wildman–Crippen LogP) is 7.26. The molecule has 4 aromatic carbocycles. The molecule has 0 saturated carbocycles. The molecule has 1 aliphatic heterocycles. The van der Waals surface area contributed by atoms with Crippen LogP contribution in [0.25, 0.3) is 5.20 Å². The minimum atomic E-state index is -1.52. The van der Waals surface area contributed by atoms with Gasteiger partial charge in [0.15, 0.2) is 0 Å². The Morgan fingerprint density at radius 3 is 1.53 bits per heavy atom. The monoisotopic (exact) mass is 480 g/mol. The zero-order valence-electron chi connectivity index (χ0n) is 17.5. The van der Waals surface area contributed by atoms with Crippen LogP contribution in [0.1, 0.15) is 11.1 Å². The van der Waals surface area contributed by atoms with Gasteiger partial charge in [0.1, 0.15) is 0 Å². The summed E-state index contributed by atoms with van der Waals surface area (Å²) in [7, 11) is -1.52. The van der Waals surface area contributed by atoms with E-state index in [4.69, 9.17) is 0 Å². The first-order chi connectivity index (χ1) is 14.2. The van der Waals surface area contributed by atoms with E-state index < -0.39 is 8.07 Å². The Morgan fingerprint density at radius 2 is 1.13 bits per heavy atom. The summed E-state index contributed by atoms with van der Waals surface area (Å²) in [6.45, 7) is 4.74. The Hall–Kier alpha value is -2.28. The van der Waals surface area contributed by atoms with Crippen LogP contribution in [0, 0.1) is 12.2 Å². The van der Waals surface area contributed by atoms with E-state index in [1.165, 1.54) is 16.0 Å². The van der Waals surface area contributed by atoms with E-state index in [0.717, 1.165) is 5.56 Å². The van der Waals surface area contributed by atoms with E-state index in [1.807, 2.05) is 66.7 Å². The first kappa shape index (κ1) is 24.0. The van der Waals surface area contributed by atoms with Crippen LogP contribution in [0.15, 0.2) is 127 Å². The number of hydrogen-bond acceptors (Lipinski definition) is 0. The molecule has 30 heavy (non-hydrogen) atoms. The summed E-state index contributed by atoms with van der Waals surface area (Å²) in [6, 6.07) is 40.9. The third-order valence-corrected chi connectivity index (χ3v) is 7.88. The summed E-state index contributed by atoms with van der Waals surface area (Å²) in [6.07, 6.45) is 7.03. The molecule has 4 aromatic rings. The molecule has 2 heteroatoms. The maximum Gasteiger partial charge on any atom is 4.00 e. The molecular weight excluding hydrogens is 456 g/mol. The van der Waals surface area contributed by atoms with Crippen molar-refractivity contribution in [2.75, 3.05) is 0 Å². The molecule has 0 aromatic heterocycles. The molecule has 146 valence electrons. The van der Waals surface area contributed by atoms with Crippen LogP contribution in [-0.4, -0.2) is 8.07 Å². The van der Waals surface area contributed by atoms with E-state index in [1.54, 1.807) is 0 Å². The standard InChI is InChI=1S/C18H16Si.2C5H5.Zr/c1-19(2)17(13-15-9-5-3-6-10-15)14-18(19)16-11-7-4-8-12-16;2*1-2-4-5-3-1;/h3-12H,1-2H3;2*1-5H;/q-2;2*-1;+4. The molecule has 0 nitrogen and oxygen atoms in total. The molecule has 0 amide bonds. The fourth-order valence-electron chi connectivity index (χ4n) is 3.03. The number of allylic oxidation sites excluding steroid dienone is 2. The van der Waals surface area contributed by atoms with Gasteiger partial charge in [0.2, 0.25) is 0 Å². The average Bonchev–Trinajstić information content (AvgIpc) is 3.51. The maximum absolute atomic E-state index is 3.52. The molecule has 0 saturated heterocycles. The fraction of sp³-hybridized carbons (Fsp3) is 0.0714. The fourth-order valence-corrected chi connectivity index (χ4v) is 5.32. The summed E-state index contributed by atoms with van der Waals surface area (Å²) < 4.78 is 0. The quantitative estimate of drug-likeness (QED) is 0.209. The first-order valence-electron chi connectivity index (χ1n) is 9.90. The molecule has 1 heterocycles. The molecule has 1 aliphatic rings. The van der Waals surface area contributed by atoms with Crippen molar-refractivity contribution in [3.63, 3.8) is 0 Å². The normalized spacial score (nSPS) is 14.6. The van der Waals surface area contributed by atoms with E-state index in [-0.39, 0.29) is 26.2 Å². The van der Waals surface area contributed by atoms with Crippen molar-refractivity contribution < 1.29 is 26.2 Å². The van der Waals surface area contributed by atoms with Crippen LogP contribution in [0.4, 0.5) is 0 Å². The minimum Gasteiger partial charge on any atom is -0.282 e. The van der Waals surface area contributed by atoms with E-state index in [9.17, 15) is 0 Å². The predicted molar refractivity (Wildman–Crippen MR) is 127 cm³/mol. The Morgan fingerprint density at radius 1 is 0.667 bits per heavy atom. The zero-order chi connectivity index (χ0) is 20.4. The van der Waals surface area contributed by atoms with Gasteiger partial charge in [-0.15, -0.1) is 17.3 Å². The van der Waals surface area contributed by atoms with Gasteiger partial charge in [0.25, 0.3) is 0 Å². The van der Waals surface area contributed by atoms with Crippen molar-refractivity contribution in [1.82, 2.24) is 0 Å². The van der Waals surface area contributed by atoms with E-state index >= 15 is 0 Å². The zero-order valence-corrected chi connectivity index (χ0v) is 21.0. The van der Waals surface area contributed by atoms with Gasteiger partial charge in [0, 0.05) is 0 Å². The van der Waals surface area contributed by atoms with Gasteiger partial charge in [0.05, 0.1) is 8.07 Å². The van der Waals surface area contributed by atoms with Crippen molar-refractivity contribution in [3.05, 3.63) is 150 Å². The average molecular weight is 482 g/mol. The molecule has 0 unspecified atom stereocenters. The van der Waals surface area contributed by atoms with Crippen LogP contribution in [-0.2, 0) is 26.2 Å². The Labute approximate surface area is 201 Å². The van der Waals surface area contributed by atoms with Crippen molar-refractivity contribution in [2.45, 2.75) is 13.1 Å². The maximum atomic E-state index is 3.52. The van der Waals surface area contributed by atoms with Gasteiger partial charge in [-0.25, -0.2) is 41.6 Å². The number of hydrogen-bond donors (Lipinski definition) is 0. The third kappa shape index (κ3) is 6.90. The van der Waals surface area contributed by atoms with Crippen molar-refractivity contribution in [3.8, 4) is 0 Å². The Bertz CT molecular complexity index is 933. The molecule has 0 fully saturated rings. The van der Waals surface area contributed by atoms with Gasteiger partial charge in [-0.3, -0.25) is 17.7 Å². The van der Waals surface area contributed by atoms with Crippen molar-refractivity contribution in [2.24, 2.45) is 0 Å². The van der Waals surface area contributed by atoms with Gasteiger partial charge in [-0.2, -0.15) is 36.4 Å². The van der Waals surface area contributed by atoms with E-state index in [0.29, 0.717) is 0 Å². The first-order valence-corrected chi connectivity index (χ1v) is 12.9. The van der Waals surface area contributed by atoms with Crippen LogP contribution in [0.5, 0.6) is 0 Å². The molecular formula is C28H26SiZr. The number of rotatable bonds is 2. The van der Waals surface area contributed by atoms with Crippen LogP contribution >= 0.6 is 0 Å². The van der Waals surface area contributed by atoms with Gasteiger partial charge in [-0.1, -0.05) is 49.5 Å². The van der Waals surface area contributed by atoms with Crippen molar-refractivity contribution >= 4 is 13.3 Å². The molecule has 0 atom stereocenters. The third-order valence-electron chi connectivity index (χ3n) is 4.72. The van der Waals surface area contributed by atoms with Crippen LogP contribution in [0.2, 0.25) is 13.1 Å². The van der Waals surface area contributed by atoms with Crippen LogP contribution < -0.4 is 0 Å². The molecule has 5 rings (SSSR count). The van der Waals surface area contributed by atoms with Gasteiger partial charge >= 0.3 is 26.2 Å². The second-order valence-electron chi connectivity index (χ2n) is 7.28. The number of benzene rings is 2. The largest absolute Gasteiger partial charge is 4.00 e. The summed E-state index contributed by atoms with van der Waals surface area (Å²) in [4.78, 5) is 0. The second kappa shape index (κ2) is 12.4. The van der Waals surface area contributed by atoms with Crippen molar-refractivity contribution in [1.29, 1.82) is 0 Å². The summed E-state index contributed by atoms with van der Waals surface area (Å²) in [5.41, 5.74) is 2.47.